The average molecular weight is 467 g/mol. The largest absolute Gasteiger partial charge is 0.378 e. The summed E-state index contributed by atoms with van der Waals surface area (Å²) in [7, 11) is 3.32. The van der Waals surface area contributed by atoms with Crippen LogP contribution in [0.2, 0.25) is 0 Å². The van der Waals surface area contributed by atoms with Gasteiger partial charge in [0.25, 0.3) is 11.8 Å². The number of hydrogen-bond donors (Lipinski definition) is 2. The Morgan fingerprint density at radius 2 is 2.09 bits per heavy atom. The second kappa shape index (κ2) is 10.3. The maximum absolute atomic E-state index is 14.9. The van der Waals surface area contributed by atoms with E-state index in [4.69, 9.17) is 9.47 Å². The molecule has 0 aromatic heterocycles. The maximum Gasteiger partial charge on any atom is 0.254 e. The van der Waals surface area contributed by atoms with E-state index in [9.17, 15) is 19.2 Å². The number of hydrogen-bond acceptors (Lipinski definition) is 6. The van der Waals surface area contributed by atoms with E-state index in [-0.39, 0.29) is 25.0 Å². The molecule has 4 rings (SSSR count). The summed E-state index contributed by atoms with van der Waals surface area (Å²) in [6.07, 6.45) is -0.878. The number of nitrogens with one attached hydrogen (secondary N) is 2. The van der Waals surface area contributed by atoms with Crippen LogP contribution in [0.1, 0.15) is 21.5 Å². The summed E-state index contributed by atoms with van der Waals surface area (Å²) >= 11 is 0. The molecule has 2 aliphatic rings. The Kier molecular flexibility index (Phi) is 7.22. The lowest BCUT2D eigenvalue weighted by atomic mass is 9.97. The van der Waals surface area contributed by atoms with Gasteiger partial charge >= 0.3 is 0 Å². The Labute approximate surface area is 197 Å². The Bertz CT molecular complexity index is 1130. The van der Waals surface area contributed by atoms with Gasteiger partial charge in [0.2, 0.25) is 0 Å². The second-order valence-electron chi connectivity index (χ2n) is 8.57. The summed E-state index contributed by atoms with van der Waals surface area (Å²) in [5, 5.41) is 15.3. The number of fused-ring (bicyclic) bond motifs is 1. The summed E-state index contributed by atoms with van der Waals surface area (Å²) in [6.45, 7) is 1.66. The zero-order valence-electron chi connectivity index (χ0n) is 19.1. The van der Waals surface area contributed by atoms with Gasteiger partial charge in [-0.05, 0) is 40.5 Å². The molecular formula is C25H27FN4O4. The molecule has 0 radical (unpaired) electrons. The Hall–Kier alpha value is -3.32. The van der Waals surface area contributed by atoms with E-state index in [1.807, 2.05) is 12.1 Å². The van der Waals surface area contributed by atoms with Crippen LogP contribution in [0.15, 0.2) is 36.4 Å². The van der Waals surface area contributed by atoms with E-state index in [0.717, 1.165) is 11.1 Å². The van der Waals surface area contributed by atoms with E-state index < -0.39 is 23.9 Å². The predicted octanol–water partition coefficient (Wildman–Crippen LogP) is 1.63. The van der Waals surface area contributed by atoms with Crippen LogP contribution in [0.5, 0.6) is 0 Å². The van der Waals surface area contributed by atoms with E-state index in [2.05, 4.69) is 10.6 Å². The molecule has 0 bridgehead atoms. The van der Waals surface area contributed by atoms with Crippen molar-refractivity contribution in [2.75, 3.05) is 33.9 Å². The number of carbonyl (C=O) groups excluding carboxylic acids is 2. The Balaban J connectivity index is 1.42. The third-order valence-electron chi connectivity index (χ3n) is 6.18. The number of nitriles is 1. The highest BCUT2D eigenvalue weighted by molar-refractivity contribution is 5.98. The molecule has 0 spiro atoms. The number of ether oxygens (including phenoxy) is 2. The number of benzene rings is 2. The highest BCUT2D eigenvalue weighted by Crippen LogP contribution is 2.29. The fourth-order valence-electron chi connectivity index (χ4n) is 4.19. The second-order valence-corrected chi connectivity index (χ2v) is 8.57. The highest BCUT2D eigenvalue weighted by Gasteiger charge is 2.27. The SMILES string of the molecule is CO[C@@H]1CNC[C@@H](C(=O)N[C@H](C#N)Cc2ccc(-c3ccc4c(c3)CN(C)C4=O)cc2F)OC1. The monoisotopic (exact) mass is 466 g/mol. The van der Waals surface area contributed by atoms with Crippen LogP contribution < -0.4 is 10.6 Å². The van der Waals surface area contributed by atoms with Gasteiger partial charge in [-0.3, -0.25) is 9.59 Å². The normalized spacial score (nSPS) is 20.9. The fraction of sp³-hybridized carbons (Fsp3) is 0.400. The number of carbonyl (C=O) groups is 2. The first-order valence-corrected chi connectivity index (χ1v) is 11.1. The van der Waals surface area contributed by atoms with Crippen LogP contribution in [-0.4, -0.2) is 68.8 Å². The van der Waals surface area contributed by atoms with Crippen LogP contribution >= 0.6 is 0 Å². The zero-order chi connectivity index (χ0) is 24.2. The van der Waals surface area contributed by atoms with Crippen LogP contribution in [-0.2, 0) is 27.2 Å². The van der Waals surface area contributed by atoms with Gasteiger partial charge in [0, 0.05) is 45.8 Å². The van der Waals surface area contributed by atoms with Crippen molar-refractivity contribution in [1.29, 1.82) is 5.26 Å². The molecule has 8 nitrogen and oxygen atoms in total. The Morgan fingerprint density at radius 1 is 1.32 bits per heavy atom. The standard InChI is InChI=1S/C25H27FN4O4/c1-30-13-18-7-15(5-6-21(18)25(30)32)16-3-4-17(22(26)9-16)8-19(10-27)29-24(31)23-12-28-11-20(33-2)14-34-23/h3-7,9,19-20,23,28H,8,11-14H2,1-2H3,(H,29,31)/t19-,20+,23-/m0/s1. The van der Waals surface area contributed by atoms with Crippen molar-refractivity contribution in [2.45, 2.75) is 31.2 Å². The molecule has 3 atom stereocenters. The molecule has 2 heterocycles. The van der Waals surface area contributed by atoms with Gasteiger partial charge in [0.15, 0.2) is 0 Å². The zero-order valence-corrected chi connectivity index (χ0v) is 19.1. The van der Waals surface area contributed by atoms with Crippen LogP contribution in [0.4, 0.5) is 4.39 Å². The molecule has 2 N–H and O–H groups in total. The molecule has 34 heavy (non-hydrogen) atoms. The van der Waals surface area contributed by atoms with Gasteiger partial charge in [-0.1, -0.05) is 18.2 Å². The van der Waals surface area contributed by atoms with Crippen molar-refractivity contribution in [1.82, 2.24) is 15.5 Å². The van der Waals surface area contributed by atoms with Crippen molar-refractivity contribution < 1.29 is 23.5 Å². The predicted molar refractivity (Wildman–Crippen MR) is 122 cm³/mol. The van der Waals surface area contributed by atoms with Gasteiger partial charge in [0.05, 0.1) is 18.8 Å². The van der Waals surface area contributed by atoms with Crippen LogP contribution in [0.3, 0.4) is 0 Å². The molecule has 0 unspecified atom stereocenters. The van der Waals surface area contributed by atoms with Crippen molar-refractivity contribution in [3.05, 3.63) is 58.9 Å². The fourth-order valence-corrected chi connectivity index (χ4v) is 4.19. The first kappa shape index (κ1) is 23.8. The lowest BCUT2D eigenvalue weighted by molar-refractivity contribution is -0.133. The van der Waals surface area contributed by atoms with Crippen molar-refractivity contribution in [3.63, 3.8) is 0 Å². The number of nitrogens with zero attached hydrogens (tertiary/aromatic N) is 2. The lowest BCUT2D eigenvalue weighted by Gasteiger charge is -2.18. The molecule has 2 amide bonds. The maximum atomic E-state index is 14.9. The molecule has 2 aliphatic heterocycles. The van der Waals surface area contributed by atoms with Gasteiger partial charge in [-0.25, -0.2) is 4.39 Å². The molecule has 1 fully saturated rings. The van der Waals surface area contributed by atoms with E-state index >= 15 is 0 Å². The number of rotatable bonds is 6. The van der Waals surface area contributed by atoms with Crippen LogP contribution in [0, 0.1) is 17.1 Å². The molecule has 0 aliphatic carbocycles. The summed E-state index contributed by atoms with van der Waals surface area (Å²) in [6, 6.07) is 11.4. The molecule has 2 aromatic rings. The number of methoxy groups -OCH3 is 1. The first-order valence-electron chi connectivity index (χ1n) is 11.1. The minimum absolute atomic E-state index is 0.0174. The topological polar surface area (TPSA) is 104 Å². The van der Waals surface area contributed by atoms with Gasteiger partial charge in [-0.2, -0.15) is 5.26 Å². The average Bonchev–Trinajstić information content (AvgIpc) is 3.00. The molecule has 9 heteroatoms. The minimum Gasteiger partial charge on any atom is -0.378 e. The quantitative estimate of drug-likeness (QED) is 0.671. The summed E-state index contributed by atoms with van der Waals surface area (Å²) < 4.78 is 25.8. The minimum atomic E-state index is -0.903. The van der Waals surface area contributed by atoms with Crippen molar-refractivity contribution in [2.24, 2.45) is 0 Å². The van der Waals surface area contributed by atoms with E-state index in [1.54, 1.807) is 43.3 Å². The van der Waals surface area contributed by atoms with Crippen molar-refractivity contribution in [3.8, 4) is 17.2 Å². The smallest absolute Gasteiger partial charge is 0.254 e. The summed E-state index contributed by atoms with van der Waals surface area (Å²) in [5.74, 6) is -0.905. The van der Waals surface area contributed by atoms with Crippen molar-refractivity contribution >= 4 is 11.8 Å². The van der Waals surface area contributed by atoms with Gasteiger partial charge in [0.1, 0.15) is 18.0 Å². The summed E-state index contributed by atoms with van der Waals surface area (Å²) in [4.78, 5) is 26.3. The number of halogens is 1. The summed E-state index contributed by atoms with van der Waals surface area (Å²) in [5.41, 5.74) is 3.39. The Morgan fingerprint density at radius 3 is 2.82 bits per heavy atom. The molecule has 1 saturated heterocycles. The molecular weight excluding hydrogens is 439 g/mol. The van der Waals surface area contributed by atoms with Gasteiger partial charge < -0.3 is 25.0 Å². The van der Waals surface area contributed by atoms with E-state index in [1.165, 1.54) is 6.07 Å². The highest BCUT2D eigenvalue weighted by atomic mass is 19.1. The number of amides is 2. The first-order chi connectivity index (χ1) is 16.4. The molecule has 178 valence electrons. The van der Waals surface area contributed by atoms with Crippen LogP contribution in [0.25, 0.3) is 11.1 Å². The van der Waals surface area contributed by atoms with E-state index in [0.29, 0.717) is 36.3 Å². The lowest BCUT2D eigenvalue weighted by Crippen LogP contribution is -2.46. The molecule has 0 saturated carbocycles. The van der Waals surface area contributed by atoms with Gasteiger partial charge in [-0.15, -0.1) is 0 Å². The third-order valence-corrected chi connectivity index (χ3v) is 6.18. The molecule has 2 aromatic carbocycles. The third kappa shape index (κ3) is 5.09.